The highest BCUT2D eigenvalue weighted by atomic mass is 19.1. The third-order valence-electron chi connectivity index (χ3n) is 2.60. The third kappa shape index (κ3) is 2.51. The van der Waals surface area contributed by atoms with Crippen molar-refractivity contribution in [1.82, 2.24) is 0 Å². The number of aryl methyl sites for hydroxylation is 1. The first-order chi connectivity index (χ1) is 7.24. The Bertz CT molecular complexity index is 425. The maximum Gasteiger partial charge on any atom is 0.304 e. The molecular formula is C12H15FO3. The SMILES string of the molecule is Cc1cc(O)c(C(C)(C)CC(=O)O)cc1F. The predicted molar refractivity (Wildman–Crippen MR) is 58.1 cm³/mol. The van der Waals surface area contributed by atoms with Gasteiger partial charge in [0.1, 0.15) is 11.6 Å². The van der Waals surface area contributed by atoms with Gasteiger partial charge in [-0.2, -0.15) is 0 Å². The fraction of sp³-hybridized carbons (Fsp3) is 0.417. The summed E-state index contributed by atoms with van der Waals surface area (Å²) in [6.45, 7) is 4.86. The second-order valence-electron chi connectivity index (χ2n) is 4.57. The van der Waals surface area contributed by atoms with Crippen molar-refractivity contribution in [3.05, 3.63) is 29.1 Å². The standard InChI is InChI=1S/C12H15FO3/c1-7-4-10(14)8(5-9(7)13)12(2,3)6-11(15)16/h4-5,14H,6H2,1-3H3,(H,15,16). The molecule has 2 N–H and O–H groups in total. The van der Waals surface area contributed by atoms with Gasteiger partial charge in [-0.05, 0) is 24.6 Å². The van der Waals surface area contributed by atoms with Crippen LogP contribution in [0.3, 0.4) is 0 Å². The Labute approximate surface area is 93.5 Å². The van der Waals surface area contributed by atoms with Crippen LogP contribution in [0.1, 0.15) is 31.4 Å². The van der Waals surface area contributed by atoms with Gasteiger partial charge in [0.25, 0.3) is 0 Å². The highest BCUT2D eigenvalue weighted by Crippen LogP contribution is 2.35. The fourth-order valence-electron chi connectivity index (χ4n) is 1.68. The van der Waals surface area contributed by atoms with Crippen LogP contribution in [0, 0.1) is 12.7 Å². The lowest BCUT2D eigenvalue weighted by Crippen LogP contribution is -2.22. The van der Waals surface area contributed by atoms with Crippen molar-refractivity contribution in [2.45, 2.75) is 32.6 Å². The molecule has 4 heteroatoms. The van der Waals surface area contributed by atoms with E-state index in [0.717, 1.165) is 0 Å². The first-order valence-electron chi connectivity index (χ1n) is 4.95. The average molecular weight is 226 g/mol. The van der Waals surface area contributed by atoms with Gasteiger partial charge in [-0.15, -0.1) is 0 Å². The minimum atomic E-state index is -0.981. The number of carboxylic acids is 1. The lowest BCUT2D eigenvalue weighted by molar-refractivity contribution is -0.138. The zero-order valence-corrected chi connectivity index (χ0v) is 9.54. The molecular weight excluding hydrogens is 211 g/mol. The molecule has 3 nitrogen and oxygen atoms in total. The van der Waals surface area contributed by atoms with Crippen molar-refractivity contribution >= 4 is 5.97 Å². The van der Waals surface area contributed by atoms with E-state index in [9.17, 15) is 14.3 Å². The molecule has 0 aromatic heterocycles. The van der Waals surface area contributed by atoms with Crippen molar-refractivity contribution in [1.29, 1.82) is 0 Å². The van der Waals surface area contributed by atoms with Crippen LogP contribution in [0.25, 0.3) is 0 Å². The van der Waals surface area contributed by atoms with Gasteiger partial charge in [0.2, 0.25) is 0 Å². The van der Waals surface area contributed by atoms with E-state index < -0.39 is 17.2 Å². The molecule has 1 rings (SSSR count). The van der Waals surface area contributed by atoms with Crippen LogP contribution in [0.2, 0.25) is 0 Å². The quantitative estimate of drug-likeness (QED) is 0.832. The summed E-state index contributed by atoms with van der Waals surface area (Å²) in [5, 5.41) is 18.5. The summed E-state index contributed by atoms with van der Waals surface area (Å²) in [5.74, 6) is -1.48. The van der Waals surface area contributed by atoms with E-state index in [1.54, 1.807) is 20.8 Å². The van der Waals surface area contributed by atoms with Crippen molar-refractivity contribution in [3.8, 4) is 5.75 Å². The molecule has 1 aromatic carbocycles. The first kappa shape index (κ1) is 12.5. The molecule has 0 fully saturated rings. The summed E-state index contributed by atoms with van der Waals surface area (Å²) in [6, 6.07) is 2.52. The summed E-state index contributed by atoms with van der Waals surface area (Å²) >= 11 is 0. The predicted octanol–water partition coefficient (Wildman–Crippen LogP) is 2.59. The second-order valence-corrected chi connectivity index (χ2v) is 4.57. The van der Waals surface area contributed by atoms with Gasteiger partial charge in [0, 0.05) is 11.0 Å². The summed E-state index contributed by atoms with van der Waals surface area (Å²) in [5.41, 5.74) is -0.143. The molecule has 0 amide bonds. The van der Waals surface area contributed by atoms with E-state index in [0.29, 0.717) is 11.1 Å². The van der Waals surface area contributed by atoms with E-state index in [4.69, 9.17) is 5.11 Å². The maximum atomic E-state index is 13.4. The van der Waals surface area contributed by atoms with E-state index in [2.05, 4.69) is 0 Å². The minimum Gasteiger partial charge on any atom is -0.508 e. The molecule has 16 heavy (non-hydrogen) atoms. The molecule has 0 saturated carbocycles. The Morgan fingerprint density at radius 2 is 2.00 bits per heavy atom. The molecule has 0 spiro atoms. The first-order valence-corrected chi connectivity index (χ1v) is 4.95. The largest absolute Gasteiger partial charge is 0.508 e. The minimum absolute atomic E-state index is 0.0647. The van der Waals surface area contributed by atoms with Crippen LogP contribution in [0.5, 0.6) is 5.75 Å². The molecule has 88 valence electrons. The van der Waals surface area contributed by atoms with Gasteiger partial charge in [0.05, 0.1) is 6.42 Å². The van der Waals surface area contributed by atoms with Crippen molar-refractivity contribution in [3.63, 3.8) is 0 Å². The number of aromatic hydroxyl groups is 1. The van der Waals surface area contributed by atoms with Crippen molar-refractivity contribution in [2.75, 3.05) is 0 Å². The van der Waals surface area contributed by atoms with Crippen LogP contribution in [-0.4, -0.2) is 16.2 Å². The molecule has 0 unspecified atom stereocenters. The highest BCUT2D eigenvalue weighted by molar-refractivity contribution is 5.69. The van der Waals surface area contributed by atoms with E-state index in [-0.39, 0.29) is 12.2 Å². The Balaban J connectivity index is 3.22. The number of carboxylic acid groups (broad SMARTS) is 1. The average Bonchev–Trinajstić information content (AvgIpc) is 2.08. The summed E-state index contributed by atoms with van der Waals surface area (Å²) in [6.07, 6.45) is -0.164. The third-order valence-corrected chi connectivity index (χ3v) is 2.60. The fourth-order valence-corrected chi connectivity index (χ4v) is 1.68. The van der Waals surface area contributed by atoms with Crippen LogP contribution in [0.15, 0.2) is 12.1 Å². The number of aliphatic carboxylic acids is 1. The molecule has 0 aliphatic heterocycles. The summed E-state index contributed by atoms with van der Waals surface area (Å²) in [7, 11) is 0. The van der Waals surface area contributed by atoms with Gasteiger partial charge >= 0.3 is 5.97 Å². The zero-order valence-electron chi connectivity index (χ0n) is 9.54. The van der Waals surface area contributed by atoms with Crippen molar-refractivity contribution in [2.24, 2.45) is 0 Å². The number of hydrogen-bond acceptors (Lipinski definition) is 2. The lowest BCUT2D eigenvalue weighted by Gasteiger charge is -2.24. The number of phenolic OH excluding ortho intramolecular Hbond substituents is 1. The zero-order chi connectivity index (χ0) is 12.5. The Hall–Kier alpha value is -1.58. The molecule has 0 aliphatic rings. The highest BCUT2D eigenvalue weighted by Gasteiger charge is 2.27. The number of halogens is 1. The van der Waals surface area contributed by atoms with Crippen LogP contribution in [0.4, 0.5) is 4.39 Å². The number of rotatable bonds is 3. The Morgan fingerprint density at radius 3 is 2.50 bits per heavy atom. The number of hydrogen-bond donors (Lipinski definition) is 2. The number of carbonyl (C=O) groups is 1. The van der Waals surface area contributed by atoms with Gasteiger partial charge in [-0.1, -0.05) is 13.8 Å². The smallest absolute Gasteiger partial charge is 0.304 e. The second kappa shape index (κ2) is 4.12. The van der Waals surface area contributed by atoms with Crippen LogP contribution >= 0.6 is 0 Å². The molecule has 0 saturated heterocycles. The lowest BCUT2D eigenvalue weighted by atomic mass is 9.80. The molecule has 0 aliphatic carbocycles. The number of phenols is 1. The van der Waals surface area contributed by atoms with Gasteiger partial charge in [-0.25, -0.2) is 4.39 Å². The van der Waals surface area contributed by atoms with E-state index in [1.165, 1.54) is 12.1 Å². The maximum absolute atomic E-state index is 13.4. The molecule has 1 aromatic rings. The van der Waals surface area contributed by atoms with Crippen molar-refractivity contribution < 1.29 is 19.4 Å². The van der Waals surface area contributed by atoms with E-state index in [1.807, 2.05) is 0 Å². The molecule has 0 atom stereocenters. The molecule has 0 heterocycles. The summed E-state index contributed by atoms with van der Waals surface area (Å²) < 4.78 is 13.4. The number of benzene rings is 1. The van der Waals surface area contributed by atoms with Crippen LogP contribution in [-0.2, 0) is 10.2 Å². The monoisotopic (exact) mass is 226 g/mol. The van der Waals surface area contributed by atoms with Crippen LogP contribution < -0.4 is 0 Å². The normalized spacial score (nSPS) is 11.5. The summed E-state index contributed by atoms with van der Waals surface area (Å²) in [4.78, 5) is 10.7. The van der Waals surface area contributed by atoms with E-state index >= 15 is 0 Å². The van der Waals surface area contributed by atoms with Gasteiger partial charge in [-0.3, -0.25) is 4.79 Å². The Kier molecular flexibility index (Phi) is 3.21. The molecule has 0 radical (unpaired) electrons. The Morgan fingerprint density at radius 1 is 1.44 bits per heavy atom. The topological polar surface area (TPSA) is 57.5 Å². The molecule has 0 bridgehead atoms. The van der Waals surface area contributed by atoms with Gasteiger partial charge in [0.15, 0.2) is 0 Å². The van der Waals surface area contributed by atoms with Gasteiger partial charge < -0.3 is 10.2 Å².